The van der Waals surface area contributed by atoms with Crippen LogP contribution in [0.4, 0.5) is 5.82 Å². The van der Waals surface area contributed by atoms with Crippen molar-refractivity contribution >= 4 is 23.4 Å². The van der Waals surface area contributed by atoms with Crippen molar-refractivity contribution in [3.05, 3.63) is 39.1 Å². The van der Waals surface area contributed by atoms with E-state index in [1.807, 2.05) is 6.07 Å². The van der Waals surface area contributed by atoms with E-state index in [0.717, 1.165) is 69.5 Å². The van der Waals surface area contributed by atoms with Gasteiger partial charge < -0.3 is 25.6 Å². The van der Waals surface area contributed by atoms with E-state index in [4.69, 9.17) is 9.98 Å². The van der Waals surface area contributed by atoms with Crippen LogP contribution < -0.4 is 27.0 Å². The van der Waals surface area contributed by atoms with Gasteiger partial charge in [0.1, 0.15) is 11.5 Å². The van der Waals surface area contributed by atoms with Crippen LogP contribution in [0.5, 0.6) is 5.88 Å². The van der Waals surface area contributed by atoms with E-state index >= 15 is 0 Å². The van der Waals surface area contributed by atoms with Crippen LogP contribution in [0.25, 0.3) is 11.7 Å². The molecule has 6 rings (SSSR count). The molecular formula is C26H35N9O3. The molecule has 0 aromatic carbocycles. The molecule has 1 aliphatic heterocycles. The molecular weight excluding hydrogens is 486 g/mol. The Morgan fingerprint density at radius 2 is 1.89 bits per heavy atom. The minimum absolute atomic E-state index is 0.158. The maximum absolute atomic E-state index is 12.4. The number of aromatic hydroxyl groups is 1. The Balaban J connectivity index is 1.14. The Kier molecular flexibility index (Phi) is 6.88. The number of fused-ring (bicyclic) bond motifs is 1. The van der Waals surface area contributed by atoms with Crippen LogP contribution in [0.3, 0.4) is 0 Å². The third kappa shape index (κ3) is 5.74. The summed E-state index contributed by atoms with van der Waals surface area (Å²) in [5, 5.41) is 21.9. The smallest absolute Gasteiger partial charge is 0.326 e. The molecule has 12 heteroatoms. The molecule has 0 bridgehead atoms. The molecule has 1 amide bonds. The quantitative estimate of drug-likeness (QED) is 0.287. The van der Waals surface area contributed by atoms with Gasteiger partial charge >= 0.3 is 5.69 Å². The first kappa shape index (κ1) is 24.7. The summed E-state index contributed by atoms with van der Waals surface area (Å²) in [6.45, 7) is 3.10. The van der Waals surface area contributed by atoms with Crippen molar-refractivity contribution < 1.29 is 9.90 Å². The second-order valence-corrected chi connectivity index (χ2v) is 10.7. The van der Waals surface area contributed by atoms with Crippen LogP contribution in [0.15, 0.2) is 22.1 Å². The maximum Gasteiger partial charge on any atom is 0.326 e. The van der Waals surface area contributed by atoms with E-state index < -0.39 is 5.69 Å². The van der Waals surface area contributed by atoms with Gasteiger partial charge in [-0.2, -0.15) is 9.61 Å². The number of hydrogen-bond acceptors (Lipinski definition) is 8. The molecule has 12 nitrogen and oxygen atoms in total. The normalized spacial score (nSPS) is 23.4. The third-order valence-electron chi connectivity index (χ3n) is 7.68. The fraction of sp³-hybridized carbons (Fsp3) is 0.577. The number of carbonyl (C=O) groups excluding carboxylic acids is 1. The van der Waals surface area contributed by atoms with Crippen molar-refractivity contribution in [1.82, 2.24) is 34.8 Å². The first-order valence-corrected chi connectivity index (χ1v) is 13.7. The lowest BCUT2D eigenvalue weighted by Gasteiger charge is -2.30. The third-order valence-corrected chi connectivity index (χ3v) is 7.68. The topological polar surface area (TPSA) is 156 Å². The van der Waals surface area contributed by atoms with Crippen molar-refractivity contribution in [3.63, 3.8) is 0 Å². The van der Waals surface area contributed by atoms with Crippen molar-refractivity contribution in [2.75, 3.05) is 25.0 Å². The monoisotopic (exact) mass is 521 g/mol. The van der Waals surface area contributed by atoms with Crippen LogP contribution in [-0.2, 0) is 4.79 Å². The zero-order chi connectivity index (χ0) is 26.1. The lowest BCUT2D eigenvalue weighted by Crippen LogP contribution is -2.41. The van der Waals surface area contributed by atoms with Crippen molar-refractivity contribution in [3.8, 4) is 5.88 Å². The van der Waals surface area contributed by atoms with E-state index in [0.29, 0.717) is 23.3 Å². The second kappa shape index (κ2) is 10.6. The number of rotatable bonds is 8. The number of nitrogens with zero attached hydrogens (tertiary/aromatic N) is 5. The highest BCUT2D eigenvalue weighted by molar-refractivity contribution is 5.76. The van der Waals surface area contributed by atoms with Gasteiger partial charge in [0, 0.05) is 36.3 Å². The zero-order valence-corrected chi connectivity index (χ0v) is 21.4. The van der Waals surface area contributed by atoms with Gasteiger partial charge in [-0.3, -0.25) is 14.8 Å². The lowest BCUT2D eigenvalue weighted by atomic mass is 9.91. The SMILES string of the molecule is O=C(CCN1CCCC1)NC1CCC(Nc2cc(=NC3CC3)n3ncc(=Cc4[nH]c(=O)[nH]c4O)c3n2)CC1. The number of hydrogen-bond donors (Lipinski definition) is 5. The maximum atomic E-state index is 12.4. The first-order valence-electron chi connectivity index (χ1n) is 13.7. The van der Waals surface area contributed by atoms with Crippen molar-refractivity contribution in [2.24, 2.45) is 4.99 Å². The van der Waals surface area contributed by atoms with Gasteiger partial charge in [0.2, 0.25) is 11.8 Å². The number of amides is 1. The van der Waals surface area contributed by atoms with Gasteiger partial charge in [-0.1, -0.05) is 0 Å². The average molecular weight is 522 g/mol. The molecule has 1 saturated heterocycles. The second-order valence-electron chi connectivity index (χ2n) is 10.7. The molecule has 4 heterocycles. The van der Waals surface area contributed by atoms with Gasteiger partial charge in [0.05, 0.1) is 12.2 Å². The largest absolute Gasteiger partial charge is 0.493 e. The summed E-state index contributed by atoms with van der Waals surface area (Å²) in [6.07, 6.45) is 12.2. The zero-order valence-electron chi connectivity index (χ0n) is 21.4. The summed E-state index contributed by atoms with van der Waals surface area (Å²) in [4.78, 5) is 40.9. The first-order chi connectivity index (χ1) is 18.5. The number of imidazole rings is 1. The van der Waals surface area contributed by atoms with E-state index in [-0.39, 0.29) is 29.6 Å². The highest BCUT2D eigenvalue weighted by atomic mass is 16.3. The van der Waals surface area contributed by atoms with E-state index in [1.165, 1.54) is 12.8 Å². The Bertz CT molecular complexity index is 1470. The van der Waals surface area contributed by atoms with Gasteiger partial charge in [0.15, 0.2) is 11.1 Å². The predicted octanol–water partition coefficient (Wildman–Crippen LogP) is 0.387. The van der Waals surface area contributed by atoms with E-state index in [2.05, 4.69) is 30.6 Å². The Morgan fingerprint density at radius 3 is 2.61 bits per heavy atom. The number of aromatic nitrogens is 5. The van der Waals surface area contributed by atoms with Crippen LogP contribution in [0, 0.1) is 0 Å². The Labute approximate surface area is 219 Å². The van der Waals surface area contributed by atoms with Gasteiger partial charge in [-0.05, 0) is 70.5 Å². The summed E-state index contributed by atoms with van der Waals surface area (Å²) in [5.41, 5.74) is 1.11. The summed E-state index contributed by atoms with van der Waals surface area (Å²) in [7, 11) is 0. The van der Waals surface area contributed by atoms with Crippen LogP contribution in [0.2, 0.25) is 0 Å². The molecule has 3 aromatic heterocycles. The molecule has 0 spiro atoms. The van der Waals surface area contributed by atoms with E-state index in [9.17, 15) is 14.7 Å². The van der Waals surface area contributed by atoms with E-state index in [1.54, 1.807) is 16.8 Å². The van der Waals surface area contributed by atoms with Crippen molar-refractivity contribution in [2.45, 2.75) is 75.9 Å². The number of likely N-dealkylation sites (tertiary alicyclic amines) is 1. The Hall–Kier alpha value is -3.67. The molecule has 202 valence electrons. The minimum Gasteiger partial charge on any atom is -0.493 e. The molecule has 3 aromatic rings. The highest BCUT2D eigenvalue weighted by Crippen LogP contribution is 2.23. The van der Waals surface area contributed by atoms with Crippen molar-refractivity contribution in [1.29, 1.82) is 0 Å². The summed E-state index contributed by atoms with van der Waals surface area (Å²) in [5.74, 6) is 0.648. The summed E-state index contributed by atoms with van der Waals surface area (Å²) < 4.78 is 1.70. The fourth-order valence-corrected chi connectivity index (χ4v) is 5.43. The molecule has 0 atom stereocenters. The molecule has 3 aliphatic rings. The number of nitrogens with one attached hydrogen (secondary N) is 4. The van der Waals surface area contributed by atoms with Crippen LogP contribution in [0.1, 0.15) is 63.5 Å². The molecule has 38 heavy (non-hydrogen) atoms. The summed E-state index contributed by atoms with van der Waals surface area (Å²) in [6, 6.07) is 2.71. The number of anilines is 1. The average Bonchev–Trinajstić information content (AvgIpc) is 3.24. The number of carbonyl (C=O) groups is 1. The Morgan fingerprint density at radius 1 is 1.13 bits per heavy atom. The molecule has 2 aliphatic carbocycles. The van der Waals surface area contributed by atoms with Gasteiger partial charge in [-0.15, -0.1) is 0 Å². The predicted molar refractivity (Wildman–Crippen MR) is 142 cm³/mol. The van der Waals surface area contributed by atoms with Gasteiger partial charge in [0.25, 0.3) is 0 Å². The summed E-state index contributed by atoms with van der Waals surface area (Å²) >= 11 is 0. The standard InChI is InChI=1S/C26H35N9O3/c36-23(9-12-34-10-1-2-11-34)30-19-7-3-17(4-8-19)28-21-14-22(29-18-5-6-18)35-24(32-21)16(15-27-35)13-20-25(37)33-26(38)31-20/h13-15,17-19,28,37H,1-12H2,(H,30,36)(H2,31,33,38). The number of H-pyrrole nitrogens is 2. The van der Waals surface area contributed by atoms with Gasteiger partial charge in [-0.25, -0.2) is 9.78 Å². The minimum atomic E-state index is -0.483. The molecule has 5 N–H and O–H groups in total. The molecule has 0 radical (unpaired) electrons. The molecule has 0 unspecified atom stereocenters. The van der Waals surface area contributed by atoms with Crippen LogP contribution in [-0.4, -0.2) is 78.2 Å². The highest BCUT2D eigenvalue weighted by Gasteiger charge is 2.24. The number of aromatic amines is 2. The lowest BCUT2D eigenvalue weighted by molar-refractivity contribution is -0.122. The molecule has 3 fully saturated rings. The van der Waals surface area contributed by atoms with Crippen LogP contribution >= 0.6 is 0 Å². The molecule has 2 saturated carbocycles. The fourth-order valence-electron chi connectivity index (χ4n) is 5.43.